The quantitative estimate of drug-likeness (QED) is 0.0987. The molecule has 4 heteroatoms. The number of nitrogens with zero attached hydrogens (tertiary/aromatic N) is 1. The van der Waals surface area contributed by atoms with Crippen molar-refractivity contribution in [2.75, 3.05) is 0 Å². The number of nitrogens with two attached hydrogens (primary N) is 1. The maximum atomic E-state index is 7.17. The van der Waals surface area contributed by atoms with Crippen LogP contribution >= 0.6 is 11.3 Å². The Bertz CT molecular complexity index is 4050. The molecule has 0 radical (unpaired) electrons. The molecular formula is C61H38N2OS. The van der Waals surface area contributed by atoms with E-state index in [1.165, 1.54) is 64.0 Å². The number of furan rings is 1. The Hall–Kier alpha value is -8.31. The molecule has 12 aromatic rings. The van der Waals surface area contributed by atoms with Crippen molar-refractivity contribution in [1.29, 1.82) is 0 Å². The second-order valence-corrected chi connectivity index (χ2v) is 18.0. The smallest absolute Gasteiger partial charge is 0.136 e. The van der Waals surface area contributed by atoms with Gasteiger partial charge in [-0.3, -0.25) is 0 Å². The fraction of sp³-hybridized carbons (Fsp3) is 0. The molecule has 0 spiro atoms. The fourth-order valence-electron chi connectivity index (χ4n) is 10.2. The summed E-state index contributed by atoms with van der Waals surface area (Å²) < 4.78 is 8.99. The van der Waals surface area contributed by atoms with E-state index < -0.39 is 0 Å². The Morgan fingerprint density at radius 2 is 1.15 bits per heavy atom. The lowest BCUT2D eigenvalue weighted by molar-refractivity contribution is 0.669. The molecule has 0 saturated carbocycles. The summed E-state index contributed by atoms with van der Waals surface area (Å²) in [5.74, 6) is 0.420. The minimum atomic E-state index is 0.420. The molecule has 13 rings (SSSR count). The number of allylic oxidation sites excluding steroid dienone is 2. The van der Waals surface area contributed by atoms with Crippen molar-refractivity contribution in [1.82, 2.24) is 0 Å². The topological polar surface area (TPSA) is 51.5 Å². The molecule has 304 valence electrons. The van der Waals surface area contributed by atoms with E-state index in [0.717, 1.165) is 72.2 Å². The maximum Gasteiger partial charge on any atom is 0.136 e. The van der Waals surface area contributed by atoms with Gasteiger partial charge in [-0.25, -0.2) is 4.99 Å². The lowest BCUT2D eigenvalue weighted by Crippen LogP contribution is -2.13. The van der Waals surface area contributed by atoms with Gasteiger partial charge in [0.1, 0.15) is 17.0 Å². The van der Waals surface area contributed by atoms with Gasteiger partial charge < -0.3 is 10.2 Å². The van der Waals surface area contributed by atoms with Crippen molar-refractivity contribution < 1.29 is 4.42 Å². The van der Waals surface area contributed by atoms with Gasteiger partial charge in [0.25, 0.3) is 0 Å². The van der Waals surface area contributed by atoms with Crippen molar-refractivity contribution in [3.05, 3.63) is 230 Å². The summed E-state index contributed by atoms with van der Waals surface area (Å²) in [7, 11) is 0. The molecule has 0 aliphatic heterocycles. The zero-order valence-corrected chi connectivity index (χ0v) is 36.0. The Kier molecular flexibility index (Phi) is 8.39. The number of rotatable bonds is 7. The van der Waals surface area contributed by atoms with Gasteiger partial charge in [-0.05, 0) is 126 Å². The van der Waals surface area contributed by atoms with Gasteiger partial charge in [0.2, 0.25) is 0 Å². The van der Waals surface area contributed by atoms with E-state index in [9.17, 15) is 0 Å². The SMILES string of the molecule is C=C(/C=C(\N=C(/N)c1cccc(-c2cccc3c2-c2cc4oc5ccccc5c4c4cccc-3c24)c1)c1cccc(-c2ccc3ccccc3c2)c1)c1cccc2sc3ccccc3c12. The van der Waals surface area contributed by atoms with Crippen LogP contribution < -0.4 is 5.73 Å². The predicted octanol–water partition coefficient (Wildman–Crippen LogP) is 16.7. The third-order valence-electron chi connectivity index (χ3n) is 13.1. The Labute approximate surface area is 379 Å². The van der Waals surface area contributed by atoms with Crippen LogP contribution in [0.25, 0.3) is 119 Å². The van der Waals surface area contributed by atoms with Crippen LogP contribution in [0.15, 0.2) is 222 Å². The van der Waals surface area contributed by atoms with Crippen LogP contribution in [0.4, 0.5) is 0 Å². The van der Waals surface area contributed by atoms with E-state index in [4.69, 9.17) is 15.1 Å². The minimum Gasteiger partial charge on any atom is -0.456 e. The molecule has 2 N–H and O–H groups in total. The van der Waals surface area contributed by atoms with Gasteiger partial charge in [-0.1, -0.05) is 164 Å². The summed E-state index contributed by atoms with van der Waals surface area (Å²) in [6, 6.07) is 71.1. The van der Waals surface area contributed by atoms with Gasteiger partial charge in [0.05, 0.1) is 5.70 Å². The number of para-hydroxylation sites is 1. The van der Waals surface area contributed by atoms with Crippen molar-refractivity contribution in [3.63, 3.8) is 0 Å². The molecule has 2 heterocycles. The van der Waals surface area contributed by atoms with Crippen molar-refractivity contribution in [3.8, 4) is 44.5 Å². The van der Waals surface area contributed by atoms with Crippen LogP contribution in [0.1, 0.15) is 16.7 Å². The van der Waals surface area contributed by atoms with Crippen LogP contribution in [-0.2, 0) is 0 Å². The molecule has 1 aliphatic carbocycles. The van der Waals surface area contributed by atoms with Crippen molar-refractivity contribution in [2.24, 2.45) is 10.7 Å². The summed E-state index contributed by atoms with van der Waals surface area (Å²) in [5.41, 5.74) is 22.7. The first-order valence-electron chi connectivity index (χ1n) is 21.9. The lowest BCUT2D eigenvalue weighted by Gasteiger charge is -2.13. The number of hydrogen-bond acceptors (Lipinski definition) is 3. The molecule has 2 aromatic heterocycles. The van der Waals surface area contributed by atoms with Gasteiger partial charge >= 0.3 is 0 Å². The first-order chi connectivity index (χ1) is 32.0. The lowest BCUT2D eigenvalue weighted by atomic mass is 9.92. The summed E-state index contributed by atoms with van der Waals surface area (Å²) >= 11 is 1.81. The first kappa shape index (κ1) is 37.3. The fourth-order valence-corrected chi connectivity index (χ4v) is 11.3. The largest absolute Gasteiger partial charge is 0.456 e. The van der Waals surface area contributed by atoms with Crippen LogP contribution in [0.5, 0.6) is 0 Å². The third kappa shape index (κ3) is 5.99. The second kappa shape index (κ2) is 14.6. The first-order valence-corrected chi connectivity index (χ1v) is 22.7. The van der Waals surface area contributed by atoms with Crippen molar-refractivity contribution in [2.45, 2.75) is 0 Å². The summed E-state index contributed by atoms with van der Waals surface area (Å²) in [5, 5.41) is 9.62. The highest BCUT2D eigenvalue weighted by Gasteiger charge is 2.27. The average molecular weight is 847 g/mol. The Morgan fingerprint density at radius 1 is 0.477 bits per heavy atom. The highest BCUT2D eigenvalue weighted by molar-refractivity contribution is 7.25. The second-order valence-electron chi connectivity index (χ2n) is 16.9. The standard InChI is InChI=1S/C61H38N2OS/c1-36(44-21-12-28-56-60(44)49-20-5-7-27-55(49)65-56)31-52(42-17-8-15-39(33-42)40-30-29-37-13-2-3-14-38(37)32-40)63-61(62)43-18-9-16-41(34-43)45-22-10-23-46-47-24-11-25-50-58(47)51(57(45)46)35-54-59(50)48-19-4-6-26-53(48)64-54/h2-35H,1H2,(H2,62,63)/b52-31-. The van der Waals surface area contributed by atoms with Crippen LogP contribution in [0, 0.1) is 0 Å². The van der Waals surface area contributed by atoms with Crippen molar-refractivity contribution >= 4 is 92.1 Å². The molecule has 0 atom stereocenters. The van der Waals surface area contributed by atoms with E-state index in [2.05, 4.69) is 207 Å². The summed E-state index contributed by atoms with van der Waals surface area (Å²) in [6.45, 7) is 4.68. The summed E-state index contributed by atoms with van der Waals surface area (Å²) in [4.78, 5) is 5.31. The van der Waals surface area contributed by atoms with Gasteiger partial charge in [-0.15, -0.1) is 11.3 Å². The monoisotopic (exact) mass is 846 g/mol. The molecule has 3 nitrogen and oxygen atoms in total. The zero-order chi connectivity index (χ0) is 43.2. The molecule has 1 aliphatic rings. The normalized spacial score (nSPS) is 12.6. The molecule has 0 amide bonds. The zero-order valence-electron chi connectivity index (χ0n) is 35.2. The molecule has 0 fully saturated rings. The predicted molar refractivity (Wildman–Crippen MR) is 278 cm³/mol. The van der Waals surface area contributed by atoms with Crippen LogP contribution in [0.3, 0.4) is 0 Å². The number of benzene rings is 10. The maximum absolute atomic E-state index is 7.17. The summed E-state index contributed by atoms with van der Waals surface area (Å²) in [6.07, 6.45) is 2.10. The van der Waals surface area contributed by atoms with E-state index in [1.807, 2.05) is 6.07 Å². The number of thiophene rings is 1. The van der Waals surface area contributed by atoms with E-state index >= 15 is 0 Å². The van der Waals surface area contributed by atoms with Gasteiger partial charge in [0, 0.05) is 42.1 Å². The highest BCUT2D eigenvalue weighted by atomic mass is 32.1. The molecule has 0 bridgehead atoms. The van der Waals surface area contributed by atoms with Gasteiger partial charge in [0.15, 0.2) is 0 Å². The molecule has 65 heavy (non-hydrogen) atoms. The number of aliphatic imine (C=N–C) groups is 1. The Balaban J connectivity index is 0.942. The number of amidine groups is 1. The number of fused-ring (bicyclic) bond motifs is 11. The third-order valence-corrected chi connectivity index (χ3v) is 14.3. The van der Waals surface area contributed by atoms with Crippen LogP contribution in [0.2, 0.25) is 0 Å². The minimum absolute atomic E-state index is 0.420. The van der Waals surface area contributed by atoms with E-state index in [1.54, 1.807) is 11.3 Å². The van der Waals surface area contributed by atoms with E-state index in [-0.39, 0.29) is 0 Å². The molecule has 0 unspecified atom stereocenters. The van der Waals surface area contributed by atoms with E-state index in [0.29, 0.717) is 5.84 Å². The van der Waals surface area contributed by atoms with Gasteiger partial charge in [-0.2, -0.15) is 0 Å². The molecule has 0 saturated heterocycles. The van der Waals surface area contributed by atoms with Crippen LogP contribution in [-0.4, -0.2) is 5.84 Å². The Morgan fingerprint density at radius 3 is 2.08 bits per heavy atom. The molecular weight excluding hydrogens is 809 g/mol. The number of hydrogen-bond donors (Lipinski definition) is 1. The highest BCUT2D eigenvalue weighted by Crippen LogP contribution is 2.53. The molecule has 10 aromatic carbocycles. The average Bonchev–Trinajstić information content (AvgIpc) is 4.04.